The molecule has 0 spiro atoms. The molecule has 0 saturated carbocycles. The fourth-order valence-corrected chi connectivity index (χ4v) is 3.16. The number of para-hydroxylation sites is 2. The molecule has 0 aliphatic carbocycles. The van der Waals surface area contributed by atoms with Crippen LogP contribution in [0.1, 0.15) is 5.56 Å². The molecule has 0 fully saturated rings. The molecule has 3 aromatic carbocycles. The lowest BCUT2D eigenvalue weighted by atomic mass is 10.1. The van der Waals surface area contributed by atoms with E-state index < -0.39 is 40.0 Å². The minimum atomic E-state index is -0.939. The van der Waals surface area contributed by atoms with E-state index in [0.717, 1.165) is 22.9 Å². The Kier molecular flexibility index (Phi) is 5.04. The van der Waals surface area contributed by atoms with Crippen LogP contribution >= 0.6 is 0 Å². The van der Waals surface area contributed by atoms with Gasteiger partial charge in [0.15, 0.2) is 5.52 Å². The maximum Gasteiger partial charge on any atom is 0.357 e. The summed E-state index contributed by atoms with van der Waals surface area (Å²) < 4.78 is 29.0. The Balaban J connectivity index is 1.91. The van der Waals surface area contributed by atoms with Crippen molar-refractivity contribution >= 4 is 16.7 Å². The number of fused-ring (bicyclic) bond motifs is 1. The Bertz CT molecular complexity index is 1370. The Morgan fingerprint density at radius 2 is 1.68 bits per heavy atom. The molecule has 1 heterocycles. The number of benzene rings is 3. The normalized spacial score (nSPS) is 10.9. The minimum Gasteiger partial charge on any atom is -0.618 e. The summed E-state index contributed by atoms with van der Waals surface area (Å²) in [6, 6.07) is 14.3. The highest BCUT2D eigenvalue weighted by Gasteiger charge is 2.25. The van der Waals surface area contributed by atoms with Crippen molar-refractivity contribution in [3.63, 3.8) is 0 Å². The van der Waals surface area contributed by atoms with Crippen molar-refractivity contribution in [2.45, 2.75) is 6.61 Å². The molecule has 0 bridgehead atoms. The van der Waals surface area contributed by atoms with Crippen molar-refractivity contribution in [3.8, 4) is 11.3 Å². The van der Waals surface area contributed by atoms with Crippen LogP contribution in [0.25, 0.3) is 22.3 Å². The molecule has 4 rings (SSSR count). The van der Waals surface area contributed by atoms with Crippen LogP contribution in [0.4, 0.5) is 14.5 Å². The first kappa shape index (κ1) is 20.0. The Labute approximate surface area is 172 Å². The van der Waals surface area contributed by atoms with E-state index in [2.05, 4.69) is 0 Å². The van der Waals surface area contributed by atoms with Crippen LogP contribution in [0, 0.1) is 27.0 Å². The molecule has 0 saturated heterocycles. The maximum atomic E-state index is 14.0. The zero-order valence-electron chi connectivity index (χ0n) is 15.7. The molecule has 0 radical (unpaired) electrons. The quantitative estimate of drug-likeness (QED) is 0.212. The predicted molar refractivity (Wildman–Crippen MR) is 106 cm³/mol. The molecule has 0 atom stereocenters. The van der Waals surface area contributed by atoms with Crippen LogP contribution in [-0.4, -0.2) is 9.65 Å². The maximum absolute atomic E-state index is 14.0. The SMILES string of the molecule is O=c1c(-c2cccc([N+](=O)[O-])c2)[n+]([O-])c2ccccc2n1OCc1c(F)cccc1F. The van der Waals surface area contributed by atoms with Gasteiger partial charge in [0.25, 0.3) is 11.4 Å². The molecule has 4 aromatic rings. The summed E-state index contributed by atoms with van der Waals surface area (Å²) >= 11 is 0. The van der Waals surface area contributed by atoms with E-state index in [1.165, 1.54) is 36.4 Å². The predicted octanol–water partition coefficient (Wildman–Crippen LogP) is 3.12. The smallest absolute Gasteiger partial charge is 0.357 e. The number of nitro groups is 1. The fraction of sp³-hybridized carbons (Fsp3) is 0.0476. The number of hydrogen-bond donors (Lipinski definition) is 0. The minimum absolute atomic E-state index is 0.00521. The molecule has 10 heteroatoms. The molecule has 0 aliphatic rings. The average Bonchev–Trinajstić information content (AvgIpc) is 2.75. The Hall–Kier alpha value is -4.34. The first-order valence-electron chi connectivity index (χ1n) is 8.97. The molecule has 0 unspecified atom stereocenters. The standard InChI is InChI=1S/C21H13F2N3O5/c22-16-7-4-8-17(23)15(16)12-31-25-19-10-2-1-9-18(19)24(28)20(21(25)27)13-5-3-6-14(11-13)26(29)30/h1-11H,12H2. The van der Waals surface area contributed by atoms with Crippen LogP contribution in [0.5, 0.6) is 0 Å². The van der Waals surface area contributed by atoms with Gasteiger partial charge in [-0.2, -0.15) is 4.73 Å². The summed E-state index contributed by atoms with van der Waals surface area (Å²) in [6.45, 7) is -0.625. The van der Waals surface area contributed by atoms with Crippen molar-refractivity contribution in [1.29, 1.82) is 0 Å². The number of hydrogen-bond acceptors (Lipinski definition) is 5. The summed E-state index contributed by atoms with van der Waals surface area (Å²) in [5.74, 6) is -1.71. The highest BCUT2D eigenvalue weighted by Crippen LogP contribution is 2.21. The lowest BCUT2D eigenvalue weighted by Gasteiger charge is -2.14. The second-order valence-electron chi connectivity index (χ2n) is 6.51. The van der Waals surface area contributed by atoms with E-state index in [1.54, 1.807) is 12.1 Å². The van der Waals surface area contributed by atoms with Crippen LogP contribution in [-0.2, 0) is 6.61 Å². The second kappa shape index (κ2) is 7.82. The molecule has 31 heavy (non-hydrogen) atoms. The molecule has 156 valence electrons. The topological polar surface area (TPSA) is 101 Å². The van der Waals surface area contributed by atoms with Crippen LogP contribution in [0.15, 0.2) is 71.5 Å². The molecular formula is C21H13F2N3O5. The molecule has 1 aromatic heterocycles. The zero-order chi connectivity index (χ0) is 22.1. The van der Waals surface area contributed by atoms with E-state index in [1.807, 2.05) is 0 Å². The largest absolute Gasteiger partial charge is 0.618 e. The number of nitrogens with zero attached hydrogens (tertiary/aromatic N) is 3. The van der Waals surface area contributed by atoms with Crippen LogP contribution in [0.2, 0.25) is 0 Å². The van der Waals surface area contributed by atoms with Crippen LogP contribution < -0.4 is 15.1 Å². The summed E-state index contributed by atoms with van der Waals surface area (Å²) in [6.07, 6.45) is 0. The van der Waals surface area contributed by atoms with Crippen molar-refractivity contribution in [2.75, 3.05) is 0 Å². The Morgan fingerprint density at radius 3 is 2.39 bits per heavy atom. The number of aromatic nitrogens is 2. The first-order valence-corrected chi connectivity index (χ1v) is 8.97. The van der Waals surface area contributed by atoms with Gasteiger partial charge in [-0.25, -0.2) is 8.78 Å². The third-order valence-electron chi connectivity index (χ3n) is 4.64. The van der Waals surface area contributed by atoms with Crippen LogP contribution in [0.3, 0.4) is 0 Å². The van der Waals surface area contributed by atoms with Gasteiger partial charge in [-0.3, -0.25) is 14.9 Å². The number of halogens is 2. The first-order chi connectivity index (χ1) is 14.9. The third kappa shape index (κ3) is 3.54. The van der Waals surface area contributed by atoms with Crippen molar-refractivity contribution in [2.24, 2.45) is 0 Å². The summed E-state index contributed by atoms with van der Waals surface area (Å²) in [5, 5.41) is 24.0. The van der Waals surface area contributed by atoms with Crippen molar-refractivity contribution in [3.05, 3.63) is 110 Å². The number of non-ortho nitro benzene ring substituents is 1. The summed E-state index contributed by atoms with van der Waals surface area (Å²) in [4.78, 5) is 29.0. The van der Waals surface area contributed by atoms with Crippen molar-refractivity contribution < 1.29 is 23.3 Å². The zero-order valence-corrected chi connectivity index (χ0v) is 15.7. The lowest BCUT2D eigenvalue weighted by molar-refractivity contribution is -0.566. The summed E-state index contributed by atoms with van der Waals surface area (Å²) in [5.41, 5.74) is -2.00. The van der Waals surface area contributed by atoms with Gasteiger partial charge in [-0.05, 0) is 24.3 Å². The molecular weight excluding hydrogens is 412 g/mol. The van der Waals surface area contributed by atoms with Gasteiger partial charge < -0.3 is 10.0 Å². The van der Waals surface area contributed by atoms with E-state index >= 15 is 0 Å². The van der Waals surface area contributed by atoms with E-state index in [9.17, 15) is 28.9 Å². The molecule has 0 amide bonds. The van der Waals surface area contributed by atoms with Gasteiger partial charge in [0.2, 0.25) is 5.52 Å². The fourth-order valence-electron chi connectivity index (χ4n) is 3.16. The molecule has 0 aliphatic heterocycles. The van der Waals surface area contributed by atoms with Gasteiger partial charge in [-0.15, -0.1) is 4.73 Å². The van der Waals surface area contributed by atoms with Gasteiger partial charge >= 0.3 is 5.56 Å². The number of rotatable bonds is 5. The van der Waals surface area contributed by atoms with Gasteiger partial charge in [-0.1, -0.05) is 24.3 Å². The van der Waals surface area contributed by atoms with E-state index in [-0.39, 0.29) is 22.3 Å². The molecule has 0 N–H and O–H groups in total. The second-order valence-corrected chi connectivity index (χ2v) is 6.51. The van der Waals surface area contributed by atoms with Gasteiger partial charge in [0, 0.05) is 18.2 Å². The van der Waals surface area contributed by atoms with Crippen molar-refractivity contribution in [1.82, 2.24) is 4.73 Å². The number of nitro benzene ring substituents is 1. The monoisotopic (exact) mass is 425 g/mol. The average molecular weight is 425 g/mol. The van der Waals surface area contributed by atoms with E-state index in [0.29, 0.717) is 4.73 Å². The van der Waals surface area contributed by atoms with E-state index in [4.69, 9.17) is 4.84 Å². The highest BCUT2D eigenvalue weighted by molar-refractivity contribution is 5.73. The summed E-state index contributed by atoms with van der Waals surface area (Å²) in [7, 11) is 0. The Morgan fingerprint density at radius 1 is 1.00 bits per heavy atom. The van der Waals surface area contributed by atoms with Gasteiger partial charge in [0.1, 0.15) is 18.2 Å². The highest BCUT2D eigenvalue weighted by atomic mass is 19.1. The molecule has 8 nitrogen and oxygen atoms in total. The lowest BCUT2D eigenvalue weighted by Crippen LogP contribution is -2.42. The van der Waals surface area contributed by atoms with Gasteiger partial charge in [0.05, 0.1) is 16.1 Å². The third-order valence-corrected chi connectivity index (χ3v) is 4.64.